The van der Waals surface area contributed by atoms with Crippen molar-refractivity contribution in [2.24, 2.45) is 0 Å². The third-order valence-electron chi connectivity index (χ3n) is 11.8. The van der Waals surface area contributed by atoms with Crippen molar-refractivity contribution in [2.75, 3.05) is 4.90 Å². The van der Waals surface area contributed by atoms with E-state index in [0.717, 1.165) is 77.2 Å². The third-order valence-corrected chi connectivity index (χ3v) is 12.9. The minimum absolute atomic E-state index is 0.888. The molecule has 2 nitrogen and oxygen atoms in total. The van der Waals surface area contributed by atoms with Gasteiger partial charge in [-0.3, -0.25) is 0 Å². The predicted molar refractivity (Wildman–Crippen MR) is 254 cm³/mol. The molecular weight excluding hydrogens is 735 g/mol. The Labute approximate surface area is 345 Å². The molecular formula is C56H35NOS. The number of fused-ring (bicyclic) bond motifs is 12. The number of hydrogen-bond donors (Lipinski definition) is 0. The van der Waals surface area contributed by atoms with Gasteiger partial charge in [-0.15, -0.1) is 11.3 Å². The van der Waals surface area contributed by atoms with Crippen molar-refractivity contribution >= 4 is 114 Å². The van der Waals surface area contributed by atoms with Crippen LogP contribution in [0.5, 0.6) is 0 Å². The van der Waals surface area contributed by atoms with E-state index in [1.807, 2.05) is 11.3 Å². The van der Waals surface area contributed by atoms with Crippen LogP contribution in [0.3, 0.4) is 0 Å². The average molecular weight is 770 g/mol. The fourth-order valence-electron chi connectivity index (χ4n) is 9.22. The number of hydrogen-bond acceptors (Lipinski definition) is 3. The second-order valence-electron chi connectivity index (χ2n) is 15.2. The Bertz CT molecular complexity index is 3560. The maximum atomic E-state index is 7.19. The van der Waals surface area contributed by atoms with Crippen LogP contribution >= 0.6 is 11.3 Å². The summed E-state index contributed by atoms with van der Waals surface area (Å²) < 4.78 is 9.79. The molecule has 10 aromatic carbocycles. The van der Waals surface area contributed by atoms with Gasteiger partial charge in [0.15, 0.2) is 0 Å². The van der Waals surface area contributed by atoms with E-state index in [2.05, 4.69) is 217 Å². The Hall–Kier alpha value is -7.46. The van der Waals surface area contributed by atoms with Gasteiger partial charge in [0, 0.05) is 47.7 Å². The molecule has 0 saturated heterocycles. The number of thiophene rings is 1. The molecule has 0 spiro atoms. The molecule has 0 unspecified atom stereocenters. The lowest BCUT2D eigenvalue weighted by Crippen LogP contribution is -2.10. The molecule has 2 aromatic heterocycles. The summed E-state index contributed by atoms with van der Waals surface area (Å²) in [6, 6.07) is 74.4. The van der Waals surface area contributed by atoms with Crippen molar-refractivity contribution in [3.8, 4) is 0 Å². The van der Waals surface area contributed by atoms with Gasteiger partial charge in [0.25, 0.3) is 0 Å². The zero-order valence-corrected chi connectivity index (χ0v) is 32.8. The molecule has 12 rings (SSSR count). The maximum Gasteiger partial charge on any atom is 0.145 e. The van der Waals surface area contributed by atoms with E-state index in [1.54, 1.807) is 0 Å². The molecule has 0 amide bonds. The third kappa shape index (κ3) is 5.40. The van der Waals surface area contributed by atoms with Crippen LogP contribution in [0, 0.1) is 0 Å². The van der Waals surface area contributed by atoms with Crippen molar-refractivity contribution < 1.29 is 4.42 Å². The van der Waals surface area contributed by atoms with Crippen molar-refractivity contribution in [3.05, 3.63) is 223 Å². The van der Waals surface area contributed by atoms with Gasteiger partial charge < -0.3 is 9.32 Å². The Balaban J connectivity index is 1.21. The number of anilines is 3. The predicted octanol–water partition coefficient (Wildman–Crippen LogP) is 16.5. The molecule has 0 atom stereocenters. The summed E-state index contributed by atoms with van der Waals surface area (Å²) in [4.78, 5) is 2.37. The van der Waals surface area contributed by atoms with E-state index < -0.39 is 0 Å². The summed E-state index contributed by atoms with van der Waals surface area (Å²) in [6.45, 7) is 0. The zero-order chi connectivity index (χ0) is 38.9. The van der Waals surface area contributed by atoms with Crippen LogP contribution in [-0.2, 0) is 0 Å². The number of para-hydroxylation sites is 2. The summed E-state index contributed by atoms with van der Waals surface area (Å²) in [5.41, 5.74) is 9.69. The minimum Gasteiger partial charge on any atom is -0.455 e. The zero-order valence-electron chi connectivity index (χ0n) is 32.0. The molecule has 59 heavy (non-hydrogen) atoms. The molecule has 2 heterocycles. The van der Waals surface area contributed by atoms with Gasteiger partial charge in [-0.25, -0.2) is 0 Å². The number of rotatable bonds is 6. The van der Waals surface area contributed by atoms with Gasteiger partial charge in [-0.2, -0.15) is 0 Å². The van der Waals surface area contributed by atoms with Crippen LogP contribution in [0.15, 0.2) is 211 Å². The van der Waals surface area contributed by atoms with Gasteiger partial charge in [0.05, 0.1) is 11.1 Å². The number of benzene rings is 10. The Morgan fingerprint density at radius 1 is 0.424 bits per heavy atom. The second kappa shape index (κ2) is 13.6. The van der Waals surface area contributed by atoms with E-state index in [-0.39, 0.29) is 0 Å². The summed E-state index contributed by atoms with van der Waals surface area (Å²) >= 11 is 1.87. The lowest BCUT2D eigenvalue weighted by molar-refractivity contribution is 0.676. The fraction of sp³-hybridized carbons (Fsp3) is 0. The van der Waals surface area contributed by atoms with Crippen LogP contribution in [0.25, 0.3) is 86.1 Å². The first-order valence-corrected chi connectivity index (χ1v) is 20.9. The van der Waals surface area contributed by atoms with Crippen LogP contribution in [0.2, 0.25) is 0 Å². The molecule has 0 saturated carbocycles. The van der Waals surface area contributed by atoms with Gasteiger partial charge >= 0.3 is 0 Å². The molecule has 0 aliphatic carbocycles. The normalized spacial score (nSPS) is 12.2. The summed E-state index contributed by atoms with van der Waals surface area (Å²) in [5, 5.41) is 11.8. The van der Waals surface area contributed by atoms with Crippen molar-refractivity contribution in [2.45, 2.75) is 0 Å². The standard InChI is InChI=1S/C56H35NOS/c1-4-18-36(19-5-1)47(32-38-34-52-53(44-28-14-12-25-41(38)44)46-30-16-17-31-51(46)59-52)48-35-49-54-50(57(39-21-6-2-7-22-39)40-23-8-3-9-24-40)33-37-20-10-11-26-42(37)56(54)58-55(49)45-29-15-13-27-43(45)48/h1-35H/b47-32+. The number of furan rings is 1. The average Bonchev–Trinajstić information content (AvgIpc) is 3.89. The molecule has 3 heteroatoms. The van der Waals surface area contributed by atoms with Gasteiger partial charge in [-0.05, 0) is 98.4 Å². The van der Waals surface area contributed by atoms with E-state index in [9.17, 15) is 0 Å². The highest BCUT2D eigenvalue weighted by atomic mass is 32.1. The summed E-state index contributed by atoms with van der Waals surface area (Å²) in [6.07, 6.45) is 2.42. The highest BCUT2D eigenvalue weighted by molar-refractivity contribution is 7.26. The Kier molecular flexibility index (Phi) is 7.75. The molecule has 0 radical (unpaired) electrons. The first-order chi connectivity index (χ1) is 29.3. The number of nitrogens with zero attached hydrogens (tertiary/aromatic N) is 1. The lowest BCUT2D eigenvalue weighted by atomic mass is 9.88. The topological polar surface area (TPSA) is 16.4 Å². The molecule has 0 N–H and O–H groups in total. The largest absolute Gasteiger partial charge is 0.455 e. The molecule has 276 valence electrons. The van der Waals surface area contributed by atoms with Crippen LogP contribution in [0.4, 0.5) is 17.1 Å². The van der Waals surface area contributed by atoms with Gasteiger partial charge in [0.1, 0.15) is 11.2 Å². The van der Waals surface area contributed by atoms with E-state index >= 15 is 0 Å². The first kappa shape index (κ1) is 33.7. The smallest absolute Gasteiger partial charge is 0.145 e. The fourth-order valence-corrected chi connectivity index (χ4v) is 10.4. The van der Waals surface area contributed by atoms with Gasteiger partial charge in [-0.1, -0.05) is 158 Å². The van der Waals surface area contributed by atoms with Crippen molar-refractivity contribution in [1.82, 2.24) is 0 Å². The minimum atomic E-state index is 0.888. The molecule has 0 aliphatic heterocycles. The monoisotopic (exact) mass is 769 g/mol. The molecule has 0 fully saturated rings. The highest BCUT2D eigenvalue weighted by Crippen LogP contribution is 2.49. The van der Waals surface area contributed by atoms with Crippen LogP contribution in [0.1, 0.15) is 16.7 Å². The van der Waals surface area contributed by atoms with E-state index in [4.69, 9.17) is 4.42 Å². The van der Waals surface area contributed by atoms with Gasteiger partial charge in [0.2, 0.25) is 0 Å². The molecule has 12 aromatic rings. The van der Waals surface area contributed by atoms with Crippen LogP contribution in [-0.4, -0.2) is 0 Å². The summed E-state index contributed by atoms with van der Waals surface area (Å²) in [7, 11) is 0. The van der Waals surface area contributed by atoms with Crippen molar-refractivity contribution in [3.63, 3.8) is 0 Å². The van der Waals surface area contributed by atoms with Crippen LogP contribution < -0.4 is 4.90 Å². The quantitative estimate of drug-likeness (QED) is 0.157. The Morgan fingerprint density at radius 3 is 1.73 bits per heavy atom. The highest BCUT2D eigenvalue weighted by Gasteiger charge is 2.24. The Morgan fingerprint density at radius 2 is 1.00 bits per heavy atom. The van der Waals surface area contributed by atoms with E-state index in [1.165, 1.54) is 36.5 Å². The summed E-state index contributed by atoms with van der Waals surface area (Å²) in [5.74, 6) is 0. The maximum absolute atomic E-state index is 7.19. The van der Waals surface area contributed by atoms with Crippen molar-refractivity contribution in [1.29, 1.82) is 0 Å². The van der Waals surface area contributed by atoms with E-state index in [0.29, 0.717) is 0 Å². The second-order valence-corrected chi connectivity index (χ2v) is 16.3. The first-order valence-electron chi connectivity index (χ1n) is 20.1. The molecule has 0 aliphatic rings. The SMILES string of the molecule is C(=C(/c1ccccc1)c1cc2c(oc3c4ccccc4cc(N(c4ccccc4)c4ccccc4)c23)c2ccccc12)/c1cc2sc3ccccc3c2c2ccccc12. The molecule has 0 bridgehead atoms. The lowest BCUT2D eigenvalue weighted by Gasteiger charge is -2.26.